The minimum Gasteiger partial charge on any atom is -0.327 e. The summed E-state index contributed by atoms with van der Waals surface area (Å²) >= 11 is 6.00. The Morgan fingerprint density at radius 3 is 3.00 bits per heavy atom. The van der Waals surface area contributed by atoms with E-state index in [1.165, 1.54) is 12.8 Å². The van der Waals surface area contributed by atoms with Crippen LogP contribution in [-0.4, -0.2) is 11.0 Å². The summed E-state index contributed by atoms with van der Waals surface area (Å²) in [5, 5.41) is 0.760. The van der Waals surface area contributed by atoms with E-state index in [0.717, 1.165) is 29.3 Å². The molecule has 0 amide bonds. The number of nitrogens with two attached hydrogens (primary N) is 1. The summed E-state index contributed by atoms with van der Waals surface area (Å²) in [4.78, 5) is 3.96. The van der Waals surface area contributed by atoms with Gasteiger partial charge in [0.15, 0.2) is 0 Å². The monoisotopic (exact) mass is 210 g/mol. The van der Waals surface area contributed by atoms with Gasteiger partial charge in [-0.05, 0) is 43.2 Å². The van der Waals surface area contributed by atoms with E-state index in [-0.39, 0.29) is 0 Å². The molecule has 0 radical (unpaired) electrons. The van der Waals surface area contributed by atoms with Crippen LogP contribution in [0, 0.1) is 5.92 Å². The van der Waals surface area contributed by atoms with E-state index >= 15 is 0 Å². The van der Waals surface area contributed by atoms with Gasteiger partial charge in [-0.15, -0.1) is 0 Å². The molecule has 1 saturated carbocycles. The zero-order chi connectivity index (χ0) is 9.97. The molecule has 1 aromatic heterocycles. The van der Waals surface area contributed by atoms with Crippen molar-refractivity contribution in [1.29, 1.82) is 0 Å². The van der Waals surface area contributed by atoms with Crippen molar-refractivity contribution < 1.29 is 0 Å². The van der Waals surface area contributed by atoms with Crippen LogP contribution in [0.4, 0.5) is 0 Å². The average molecular weight is 211 g/mol. The summed E-state index contributed by atoms with van der Waals surface area (Å²) in [6.07, 6.45) is 8.10. The highest BCUT2D eigenvalue weighted by Crippen LogP contribution is 2.33. The third kappa shape index (κ3) is 2.46. The second kappa shape index (κ2) is 4.28. The molecule has 0 saturated heterocycles. The molecule has 1 aliphatic rings. The van der Waals surface area contributed by atoms with Crippen molar-refractivity contribution in [2.75, 3.05) is 0 Å². The summed E-state index contributed by atoms with van der Waals surface area (Å²) in [6.45, 7) is 0. The van der Waals surface area contributed by atoms with Crippen LogP contribution in [-0.2, 0) is 6.42 Å². The van der Waals surface area contributed by atoms with Gasteiger partial charge in [0.1, 0.15) is 0 Å². The molecule has 2 N–H and O–H groups in total. The quantitative estimate of drug-likeness (QED) is 0.829. The lowest BCUT2D eigenvalue weighted by Crippen LogP contribution is -2.22. The van der Waals surface area contributed by atoms with Crippen molar-refractivity contribution in [2.24, 2.45) is 11.7 Å². The predicted molar refractivity (Wildman–Crippen MR) is 58.3 cm³/mol. The second-order valence-corrected chi connectivity index (χ2v) is 4.41. The number of rotatable bonds is 4. The molecular weight excluding hydrogens is 196 g/mol. The lowest BCUT2D eigenvalue weighted by molar-refractivity contribution is 0.550. The van der Waals surface area contributed by atoms with Crippen LogP contribution < -0.4 is 5.73 Å². The smallest absolute Gasteiger partial charge is 0.0621 e. The number of aryl methyl sites for hydroxylation is 1. The van der Waals surface area contributed by atoms with Crippen molar-refractivity contribution >= 4 is 11.6 Å². The number of hydrogen-bond donors (Lipinski definition) is 1. The van der Waals surface area contributed by atoms with Crippen molar-refractivity contribution in [3.63, 3.8) is 0 Å². The summed E-state index contributed by atoms with van der Waals surface area (Å²) < 4.78 is 0. The fraction of sp³-hybridized carbons (Fsp3) is 0.545. The number of nitrogens with zero attached hydrogens (tertiary/aromatic N) is 1. The molecule has 3 heteroatoms. The third-order valence-corrected chi connectivity index (χ3v) is 3.17. The van der Waals surface area contributed by atoms with Gasteiger partial charge >= 0.3 is 0 Å². The molecule has 1 aromatic rings. The molecule has 1 aliphatic carbocycles. The molecule has 76 valence electrons. The minimum absolute atomic E-state index is 0.360. The molecule has 1 unspecified atom stereocenters. The Kier molecular flexibility index (Phi) is 3.04. The molecule has 0 aliphatic heterocycles. The maximum Gasteiger partial charge on any atom is 0.0621 e. The first-order valence-electron chi connectivity index (χ1n) is 5.11. The number of hydrogen-bond acceptors (Lipinski definition) is 2. The highest BCUT2D eigenvalue weighted by Gasteiger charge is 2.27. The molecule has 2 nitrogen and oxygen atoms in total. The van der Waals surface area contributed by atoms with E-state index in [0.29, 0.717) is 6.04 Å². The van der Waals surface area contributed by atoms with Crippen molar-refractivity contribution in [3.8, 4) is 0 Å². The molecule has 2 rings (SSSR count). The number of aromatic nitrogens is 1. The van der Waals surface area contributed by atoms with E-state index in [1.54, 1.807) is 12.4 Å². The average Bonchev–Trinajstić information content (AvgIpc) is 2.99. The fourth-order valence-corrected chi connectivity index (χ4v) is 1.90. The molecular formula is C11H15ClN2. The standard InChI is InChI=1S/C11H15ClN2/c12-10-7-14-6-5-8(10)3-4-11(13)9-1-2-9/h5-7,9,11H,1-4,13H2. The van der Waals surface area contributed by atoms with Crippen LogP contribution in [0.1, 0.15) is 24.8 Å². The van der Waals surface area contributed by atoms with Crippen LogP contribution in [0.15, 0.2) is 18.5 Å². The van der Waals surface area contributed by atoms with Crippen molar-refractivity contribution in [1.82, 2.24) is 4.98 Å². The first-order valence-corrected chi connectivity index (χ1v) is 5.49. The minimum atomic E-state index is 0.360. The summed E-state index contributed by atoms with van der Waals surface area (Å²) in [7, 11) is 0. The normalized spacial score (nSPS) is 18.1. The van der Waals surface area contributed by atoms with Gasteiger partial charge in [-0.1, -0.05) is 11.6 Å². The Balaban J connectivity index is 1.87. The Morgan fingerprint density at radius 1 is 1.57 bits per heavy atom. The van der Waals surface area contributed by atoms with E-state index in [1.807, 2.05) is 6.07 Å². The van der Waals surface area contributed by atoms with Gasteiger partial charge in [-0.25, -0.2) is 0 Å². The highest BCUT2D eigenvalue weighted by molar-refractivity contribution is 6.31. The Bertz CT molecular complexity index is 310. The molecule has 0 spiro atoms. The van der Waals surface area contributed by atoms with Gasteiger partial charge in [0, 0.05) is 18.4 Å². The molecule has 0 aromatic carbocycles. The maximum atomic E-state index is 6.02. The maximum absolute atomic E-state index is 6.02. The van der Waals surface area contributed by atoms with Crippen LogP contribution in [0.5, 0.6) is 0 Å². The highest BCUT2D eigenvalue weighted by atomic mass is 35.5. The fourth-order valence-electron chi connectivity index (χ4n) is 1.69. The Hall–Kier alpha value is -0.600. The molecule has 14 heavy (non-hydrogen) atoms. The van der Waals surface area contributed by atoms with Crippen LogP contribution in [0.2, 0.25) is 5.02 Å². The topological polar surface area (TPSA) is 38.9 Å². The van der Waals surface area contributed by atoms with Crippen LogP contribution in [0.25, 0.3) is 0 Å². The second-order valence-electron chi connectivity index (χ2n) is 4.01. The van der Waals surface area contributed by atoms with Gasteiger partial charge in [0.25, 0.3) is 0 Å². The largest absolute Gasteiger partial charge is 0.327 e. The van der Waals surface area contributed by atoms with Crippen molar-refractivity contribution in [3.05, 3.63) is 29.0 Å². The molecule has 0 bridgehead atoms. The zero-order valence-electron chi connectivity index (χ0n) is 8.12. The SMILES string of the molecule is NC(CCc1ccncc1Cl)C1CC1. The predicted octanol–water partition coefficient (Wildman–Crippen LogP) is 2.40. The first kappa shape index (κ1) is 9.94. The van der Waals surface area contributed by atoms with Gasteiger partial charge in [-0.2, -0.15) is 0 Å². The van der Waals surface area contributed by atoms with E-state index < -0.39 is 0 Å². The van der Waals surface area contributed by atoms with Crippen LogP contribution >= 0.6 is 11.6 Å². The first-order chi connectivity index (χ1) is 6.77. The van der Waals surface area contributed by atoms with E-state index in [9.17, 15) is 0 Å². The van der Waals surface area contributed by atoms with Gasteiger partial charge in [-0.3, -0.25) is 4.98 Å². The number of pyridine rings is 1. The zero-order valence-corrected chi connectivity index (χ0v) is 8.87. The van der Waals surface area contributed by atoms with Gasteiger partial charge < -0.3 is 5.73 Å². The van der Waals surface area contributed by atoms with Gasteiger partial charge in [0.05, 0.1) is 5.02 Å². The summed E-state index contributed by atoms with van der Waals surface area (Å²) in [5.74, 6) is 0.774. The lowest BCUT2D eigenvalue weighted by Gasteiger charge is -2.10. The molecule has 1 fully saturated rings. The van der Waals surface area contributed by atoms with E-state index in [4.69, 9.17) is 17.3 Å². The summed E-state index contributed by atoms with van der Waals surface area (Å²) in [5.41, 5.74) is 7.18. The Labute approximate surface area is 89.5 Å². The van der Waals surface area contributed by atoms with Crippen LogP contribution in [0.3, 0.4) is 0 Å². The molecule has 1 atom stereocenters. The Morgan fingerprint density at radius 2 is 2.36 bits per heavy atom. The van der Waals surface area contributed by atoms with Gasteiger partial charge in [0.2, 0.25) is 0 Å². The third-order valence-electron chi connectivity index (χ3n) is 2.83. The lowest BCUT2D eigenvalue weighted by atomic mass is 10.0. The van der Waals surface area contributed by atoms with Crippen molar-refractivity contribution in [2.45, 2.75) is 31.7 Å². The molecule has 1 heterocycles. The van der Waals surface area contributed by atoms with E-state index in [2.05, 4.69) is 4.98 Å². The summed E-state index contributed by atoms with van der Waals surface area (Å²) in [6, 6.07) is 2.33. The number of halogens is 1.